The molecule has 0 radical (unpaired) electrons. The Morgan fingerprint density at radius 1 is 1.02 bits per heavy atom. The average Bonchev–Trinajstić information content (AvgIpc) is 3.53. The summed E-state index contributed by atoms with van der Waals surface area (Å²) in [5.74, 6) is -0.336. The van der Waals surface area contributed by atoms with Gasteiger partial charge in [0.2, 0.25) is 15.9 Å². The van der Waals surface area contributed by atoms with E-state index in [0.29, 0.717) is 23.8 Å². The van der Waals surface area contributed by atoms with Gasteiger partial charge in [-0.1, -0.05) is 36.7 Å². The molecule has 0 bridgehead atoms. The minimum Gasteiger partial charge on any atom is -0.487 e. The van der Waals surface area contributed by atoms with Gasteiger partial charge in [-0.2, -0.15) is 0 Å². The fourth-order valence-corrected chi connectivity index (χ4v) is 7.31. The van der Waals surface area contributed by atoms with Crippen LogP contribution in [0.2, 0.25) is 5.02 Å². The Morgan fingerprint density at radius 2 is 1.73 bits per heavy atom. The largest absolute Gasteiger partial charge is 0.487 e. The number of ether oxygens (including phenoxy) is 1. The number of aryl methyl sites for hydroxylation is 1. The first kappa shape index (κ1) is 34.8. The highest BCUT2D eigenvalue weighted by atomic mass is 35.5. The molecule has 2 aliphatic heterocycles. The average molecular weight is 659 g/mol. The summed E-state index contributed by atoms with van der Waals surface area (Å²) in [4.78, 5) is 31.8. The van der Waals surface area contributed by atoms with E-state index in [1.165, 1.54) is 5.56 Å². The van der Waals surface area contributed by atoms with Crippen LogP contribution in [0, 0.1) is 5.92 Å². The van der Waals surface area contributed by atoms with Crippen molar-refractivity contribution >= 4 is 39.1 Å². The van der Waals surface area contributed by atoms with Crippen molar-refractivity contribution < 1.29 is 22.7 Å². The Morgan fingerprint density at radius 3 is 2.44 bits per heavy atom. The first-order valence-corrected chi connectivity index (χ1v) is 17.7. The number of carbonyl (C=O) groups is 2. The molecule has 4 rings (SSSR count). The molecule has 0 aromatic heterocycles. The van der Waals surface area contributed by atoms with Gasteiger partial charge in [0.05, 0.1) is 10.9 Å². The van der Waals surface area contributed by atoms with Gasteiger partial charge >= 0.3 is 0 Å². The number of allylic oxidation sites excluding steroid dienone is 1. The standard InChI is InChI=1S/C34H47ClN4O5S/c1-24(11-10-13-30(34(41)37(3)4)39-19-8-9-20-39)25(2)45(42,43)36-33(40)27-15-17-32-31(22-27)38(5)18-7-6-12-26-21-29(35)16-14-28(26)23-44-32/h10,13-17,21-22,24-25,30H,6-9,11-12,18-20,23H2,1-5H3,(H,36,40)/b13-10+/t24-,25+,30+/m0/s1. The molecule has 246 valence electrons. The van der Waals surface area contributed by atoms with Crippen LogP contribution in [-0.4, -0.2) is 82.1 Å². The molecule has 3 atom stereocenters. The van der Waals surface area contributed by atoms with Crippen LogP contribution in [0.3, 0.4) is 0 Å². The lowest BCUT2D eigenvalue weighted by Gasteiger charge is -2.26. The van der Waals surface area contributed by atoms with Gasteiger partial charge in [0.1, 0.15) is 18.4 Å². The third-order valence-corrected chi connectivity index (χ3v) is 11.1. The molecule has 0 aliphatic carbocycles. The number of likely N-dealkylation sites (tertiary alicyclic amines) is 1. The van der Waals surface area contributed by atoms with Crippen LogP contribution in [0.5, 0.6) is 5.75 Å². The van der Waals surface area contributed by atoms with Gasteiger partial charge in [-0.3, -0.25) is 14.5 Å². The van der Waals surface area contributed by atoms with Crippen molar-refractivity contribution in [1.82, 2.24) is 14.5 Å². The first-order valence-electron chi connectivity index (χ1n) is 15.8. The summed E-state index contributed by atoms with van der Waals surface area (Å²) < 4.78 is 35.1. The van der Waals surface area contributed by atoms with Crippen LogP contribution in [0.1, 0.15) is 67.4 Å². The maximum atomic E-state index is 13.3. The fraction of sp³-hybridized carbons (Fsp3) is 0.529. The predicted molar refractivity (Wildman–Crippen MR) is 180 cm³/mol. The zero-order valence-electron chi connectivity index (χ0n) is 27.1. The summed E-state index contributed by atoms with van der Waals surface area (Å²) in [5.41, 5.74) is 3.20. The van der Waals surface area contributed by atoms with Crippen molar-refractivity contribution in [1.29, 1.82) is 0 Å². The molecule has 0 unspecified atom stereocenters. The van der Waals surface area contributed by atoms with E-state index in [2.05, 4.69) is 9.62 Å². The highest BCUT2D eigenvalue weighted by Gasteiger charge is 2.30. The minimum absolute atomic E-state index is 0.0117. The molecule has 0 spiro atoms. The topological polar surface area (TPSA) is 99.3 Å². The third-order valence-electron chi connectivity index (χ3n) is 8.95. The molecule has 1 saturated heterocycles. The number of amides is 2. The van der Waals surface area contributed by atoms with Gasteiger partial charge in [0, 0.05) is 38.3 Å². The quantitative estimate of drug-likeness (QED) is 0.367. The molecule has 2 aliphatic rings. The second-order valence-corrected chi connectivity index (χ2v) is 15.0. The molecule has 2 aromatic rings. The Kier molecular flexibility index (Phi) is 12.0. The fourth-order valence-electron chi connectivity index (χ4n) is 5.83. The normalized spacial score (nSPS) is 18.2. The smallest absolute Gasteiger partial charge is 0.264 e. The number of sulfonamides is 1. The van der Waals surface area contributed by atoms with Crippen LogP contribution in [-0.2, 0) is 27.8 Å². The molecule has 0 saturated carbocycles. The van der Waals surface area contributed by atoms with Crippen LogP contribution in [0.15, 0.2) is 48.6 Å². The first-order chi connectivity index (χ1) is 21.4. The van der Waals surface area contributed by atoms with Gasteiger partial charge in [-0.15, -0.1) is 0 Å². The van der Waals surface area contributed by atoms with Crippen molar-refractivity contribution in [3.63, 3.8) is 0 Å². The Bertz CT molecular complexity index is 1490. The van der Waals surface area contributed by atoms with Gasteiger partial charge in [-0.25, -0.2) is 13.1 Å². The summed E-state index contributed by atoms with van der Waals surface area (Å²) in [6.07, 6.45) is 9.17. The second-order valence-electron chi connectivity index (χ2n) is 12.5. The zero-order chi connectivity index (χ0) is 32.7. The SMILES string of the molecule is C[C@H]([C@@H](C)C/C=C/[C@H](C(=O)N(C)C)N1CCCC1)S(=O)(=O)NC(=O)c1ccc2c(c1)N(C)CCCCc1cc(Cl)ccc1CO2. The number of benzene rings is 2. The number of hydrogen-bond acceptors (Lipinski definition) is 7. The molecule has 9 nitrogen and oxygen atoms in total. The molecule has 45 heavy (non-hydrogen) atoms. The molecule has 1 fully saturated rings. The van der Waals surface area contributed by atoms with E-state index >= 15 is 0 Å². The van der Waals surface area contributed by atoms with Crippen LogP contribution in [0.25, 0.3) is 0 Å². The maximum absolute atomic E-state index is 13.3. The lowest BCUT2D eigenvalue weighted by Crippen LogP contribution is -2.44. The molecule has 1 N–H and O–H groups in total. The van der Waals surface area contributed by atoms with Crippen molar-refractivity contribution in [3.05, 3.63) is 70.3 Å². The summed E-state index contributed by atoms with van der Waals surface area (Å²) >= 11 is 6.24. The Balaban J connectivity index is 1.43. The van der Waals surface area contributed by atoms with Gasteiger partial charge < -0.3 is 14.5 Å². The number of likely N-dealkylation sites (N-methyl/N-ethyl adjacent to an activating group) is 1. The van der Waals surface area contributed by atoms with E-state index in [1.807, 2.05) is 49.2 Å². The lowest BCUT2D eigenvalue weighted by molar-refractivity contribution is -0.132. The summed E-state index contributed by atoms with van der Waals surface area (Å²) in [6, 6.07) is 10.5. The van der Waals surface area contributed by atoms with E-state index in [4.69, 9.17) is 16.3 Å². The number of rotatable bonds is 9. The van der Waals surface area contributed by atoms with Crippen LogP contribution >= 0.6 is 11.6 Å². The summed E-state index contributed by atoms with van der Waals surface area (Å²) in [6.45, 7) is 6.30. The maximum Gasteiger partial charge on any atom is 0.264 e. The summed E-state index contributed by atoms with van der Waals surface area (Å²) in [5, 5.41) is -0.129. The minimum atomic E-state index is -3.98. The highest BCUT2D eigenvalue weighted by Crippen LogP contribution is 2.32. The number of nitrogens with zero attached hydrogens (tertiary/aromatic N) is 3. The third kappa shape index (κ3) is 9.01. The number of nitrogens with one attached hydrogen (secondary N) is 1. The van der Waals surface area contributed by atoms with Crippen molar-refractivity contribution in [2.24, 2.45) is 5.92 Å². The molecular weight excluding hydrogens is 612 g/mol. The van der Waals surface area contributed by atoms with E-state index < -0.39 is 21.2 Å². The molecule has 2 heterocycles. The molecule has 2 aromatic carbocycles. The number of halogens is 1. The summed E-state index contributed by atoms with van der Waals surface area (Å²) in [7, 11) is 1.46. The van der Waals surface area contributed by atoms with E-state index in [1.54, 1.807) is 44.1 Å². The predicted octanol–water partition coefficient (Wildman–Crippen LogP) is 5.27. The second kappa shape index (κ2) is 15.5. The van der Waals surface area contributed by atoms with Crippen molar-refractivity contribution in [2.75, 3.05) is 45.7 Å². The lowest BCUT2D eigenvalue weighted by atomic mass is 10.0. The van der Waals surface area contributed by atoms with Gasteiger partial charge in [-0.05, 0) is 106 Å². The van der Waals surface area contributed by atoms with Gasteiger partial charge in [0.25, 0.3) is 5.91 Å². The van der Waals surface area contributed by atoms with Crippen molar-refractivity contribution in [2.45, 2.75) is 70.3 Å². The molecule has 2 amide bonds. The zero-order valence-corrected chi connectivity index (χ0v) is 28.7. The van der Waals surface area contributed by atoms with Crippen molar-refractivity contribution in [3.8, 4) is 5.75 Å². The monoisotopic (exact) mass is 658 g/mol. The number of fused-ring (bicyclic) bond motifs is 2. The van der Waals surface area contributed by atoms with Gasteiger partial charge in [0.15, 0.2) is 0 Å². The number of carbonyl (C=O) groups excluding carboxylic acids is 2. The Labute approximate surface area is 273 Å². The van der Waals surface area contributed by atoms with E-state index in [0.717, 1.165) is 63.0 Å². The number of hydrogen-bond donors (Lipinski definition) is 1. The van der Waals surface area contributed by atoms with E-state index in [-0.39, 0.29) is 23.4 Å². The van der Waals surface area contributed by atoms with E-state index in [9.17, 15) is 18.0 Å². The Hall–Kier alpha value is -3.08. The molecule has 11 heteroatoms. The number of anilines is 1. The van der Waals surface area contributed by atoms with Crippen LogP contribution < -0.4 is 14.4 Å². The molecular formula is C34H47ClN4O5S. The highest BCUT2D eigenvalue weighted by molar-refractivity contribution is 7.90. The van der Waals surface area contributed by atoms with Crippen LogP contribution in [0.4, 0.5) is 5.69 Å².